The number of carbonyl (C=O) groups is 1. The van der Waals surface area contributed by atoms with Crippen LogP contribution in [0.5, 0.6) is 23.0 Å². The fourth-order valence-corrected chi connectivity index (χ4v) is 4.15. The summed E-state index contributed by atoms with van der Waals surface area (Å²) >= 11 is 0. The minimum Gasteiger partial charge on any atom is -0.744 e. The molecule has 0 saturated carbocycles. The van der Waals surface area contributed by atoms with E-state index in [9.17, 15) is 17.8 Å². The van der Waals surface area contributed by atoms with Gasteiger partial charge in [-0.1, -0.05) is 35.7 Å². The maximum Gasteiger partial charge on any atom is 1.00 e. The van der Waals surface area contributed by atoms with Gasteiger partial charge >= 0.3 is 51.4 Å². The van der Waals surface area contributed by atoms with Crippen molar-refractivity contribution in [3.05, 3.63) is 113 Å². The molecule has 37 heavy (non-hydrogen) atoms. The van der Waals surface area contributed by atoms with Crippen molar-refractivity contribution >= 4 is 15.9 Å². The monoisotopic (exact) mass is 536 g/mol. The smallest absolute Gasteiger partial charge is 0.744 e. The van der Waals surface area contributed by atoms with E-state index < -0.39 is 15.0 Å². The summed E-state index contributed by atoms with van der Waals surface area (Å²) in [5.41, 5.74) is 3.50. The van der Waals surface area contributed by atoms with Crippen molar-refractivity contribution in [2.45, 2.75) is 18.7 Å². The van der Waals surface area contributed by atoms with Crippen LogP contribution in [0.4, 0.5) is 0 Å². The molecule has 4 aromatic carbocycles. The molecular weight excluding hydrogens is 515 g/mol. The zero-order valence-corrected chi connectivity index (χ0v) is 24.5. The summed E-state index contributed by atoms with van der Waals surface area (Å²) in [6, 6.07) is 22.5. The Hall–Kier alpha value is -2.74. The van der Waals surface area contributed by atoms with Gasteiger partial charge in [0.05, 0.1) is 0 Å². The predicted octanol–water partition coefficient (Wildman–Crippen LogP) is 3.01. The first kappa shape index (κ1) is 28.8. The number of terminal acetylenes is 1. The fraction of sp³-hybridized carbons (Fsp3) is 0.0690. The van der Waals surface area contributed by atoms with Crippen LogP contribution in [0.2, 0.25) is 0 Å². The molecule has 0 fully saturated rings. The van der Waals surface area contributed by atoms with E-state index in [2.05, 4.69) is 5.92 Å². The quantitative estimate of drug-likeness (QED) is 0.156. The van der Waals surface area contributed by atoms with Crippen molar-refractivity contribution in [3.63, 3.8) is 0 Å². The first-order valence-electron chi connectivity index (χ1n) is 10.9. The van der Waals surface area contributed by atoms with Gasteiger partial charge in [-0.25, -0.2) is 8.42 Å². The minimum absolute atomic E-state index is 0. The third-order valence-electron chi connectivity index (χ3n) is 5.30. The zero-order chi connectivity index (χ0) is 25.9. The second kappa shape index (κ2) is 12.2. The topological polar surface area (TPSA) is 92.7 Å². The molecule has 0 aliphatic heterocycles. The molecule has 0 amide bonds. The molecule has 0 saturated heterocycles. The van der Waals surface area contributed by atoms with Gasteiger partial charge in [-0.3, -0.25) is 4.79 Å². The van der Waals surface area contributed by atoms with Gasteiger partial charge in [0.25, 0.3) is 0 Å². The van der Waals surface area contributed by atoms with Crippen LogP contribution < -0.4 is 60.9 Å². The summed E-state index contributed by atoms with van der Waals surface area (Å²) in [4.78, 5) is 12.1. The van der Waals surface area contributed by atoms with Crippen molar-refractivity contribution in [1.82, 2.24) is 0 Å². The number of hydrogen-bond donors (Lipinski definition) is 0. The van der Waals surface area contributed by atoms with Gasteiger partial charge in [0.15, 0.2) is 5.78 Å². The van der Waals surface area contributed by atoms with Gasteiger partial charge in [-0.2, -0.15) is 0 Å². The third kappa shape index (κ3) is 7.40. The van der Waals surface area contributed by atoms with Gasteiger partial charge in [0.2, 0.25) is 0 Å². The van der Waals surface area contributed by atoms with Crippen LogP contribution in [0, 0.1) is 26.2 Å². The van der Waals surface area contributed by atoms with E-state index in [0.29, 0.717) is 22.4 Å². The molecule has 0 heterocycles. The number of ether oxygens (including phenoxy) is 2. The molecule has 6 nitrogen and oxygen atoms in total. The molecule has 0 aromatic heterocycles. The summed E-state index contributed by atoms with van der Waals surface area (Å²) in [6.07, 6.45) is 5.45. The van der Waals surface area contributed by atoms with Crippen LogP contribution in [0.1, 0.15) is 32.6 Å². The summed E-state index contributed by atoms with van der Waals surface area (Å²) in [5.74, 6) is 2.99. The Labute approximate surface area is 258 Å². The van der Waals surface area contributed by atoms with Crippen molar-refractivity contribution < 1.29 is 78.6 Å². The Kier molecular flexibility index (Phi) is 9.50. The molecule has 8 heteroatoms. The van der Waals surface area contributed by atoms with Crippen LogP contribution in [0.3, 0.4) is 0 Å². The number of aryl methyl sites for hydroxylation is 2. The molecular formula is C29H21KO6S. The molecule has 0 spiro atoms. The van der Waals surface area contributed by atoms with Crippen LogP contribution in [-0.4, -0.2) is 18.8 Å². The number of rotatable bonds is 7. The van der Waals surface area contributed by atoms with Gasteiger partial charge < -0.3 is 14.0 Å². The van der Waals surface area contributed by atoms with Crippen molar-refractivity contribution in [2.75, 3.05) is 0 Å². The van der Waals surface area contributed by atoms with E-state index in [1.807, 2.05) is 26.0 Å². The average molecular weight is 537 g/mol. The Balaban J connectivity index is 0.00000380. The SMILES string of the molecule is C#Cc1cc(C)cc(Oc2ccc(Oc3ccc(C(=O)c4ccc(C)cc4)cc3)c(S(=O)(=O)[O-])c2)c1.[K+]. The summed E-state index contributed by atoms with van der Waals surface area (Å²) in [5, 5.41) is 0. The molecule has 4 aromatic rings. The fourth-order valence-electron chi connectivity index (χ4n) is 3.53. The van der Waals surface area contributed by atoms with Gasteiger partial charge in [-0.15, -0.1) is 6.42 Å². The molecule has 180 valence electrons. The molecule has 0 bridgehead atoms. The van der Waals surface area contributed by atoms with Crippen LogP contribution in [0.15, 0.2) is 89.8 Å². The standard InChI is InChI=1S/C29H22O6S.K/c1-4-21-15-20(3)16-26(17-21)34-25-13-14-27(28(18-25)36(31,32)33)35-24-11-9-23(10-12-24)29(30)22-7-5-19(2)6-8-22;/h1,5-18H,2-3H3,(H,31,32,33);/q;+1/p-1. The molecule has 0 unspecified atom stereocenters. The van der Waals surface area contributed by atoms with E-state index >= 15 is 0 Å². The summed E-state index contributed by atoms with van der Waals surface area (Å²) < 4.78 is 47.3. The molecule has 0 radical (unpaired) electrons. The second-order valence-electron chi connectivity index (χ2n) is 8.17. The molecule has 0 atom stereocenters. The average Bonchev–Trinajstić information content (AvgIpc) is 2.84. The summed E-state index contributed by atoms with van der Waals surface area (Å²) in [6.45, 7) is 3.78. The largest absolute Gasteiger partial charge is 1.00 e. The van der Waals surface area contributed by atoms with Gasteiger partial charge in [0.1, 0.15) is 38.0 Å². The first-order chi connectivity index (χ1) is 17.1. The van der Waals surface area contributed by atoms with E-state index in [1.165, 1.54) is 24.3 Å². The first-order valence-corrected chi connectivity index (χ1v) is 12.3. The number of benzene rings is 4. The minimum atomic E-state index is -4.89. The maximum atomic E-state index is 12.7. The van der Waals surface area contributed by atoms with E-state index in [1.54, 1.807) is 42.5 Å². The predicted molar refractivity (Wildman–Crippen MR) is 135 cm³/mol. The second-order valence-corrected chi connectivity index (χ2v) is 9.51. The van der Waals surface area contributed by atoms with Crippen molar-refractivity contribution in [2.24, 2.45) is 0 Å². The van der Waals surface area contributed by atoms with Crippen LogP contribution >= 0.6 is 0 Å². The third-order valence-corrected chi connectivity index (χ3v) is 6.15. The Morgan fingerprint density at radius 3 is 1.95 bits per heavy atom. The number of carbonyl (C=O) groups excluding carboxylic acids is 1. The van der Waals surface area contributed by atoms with Crippen molar-refractivity contribution in [3.8, 4) is 35.3 Å². The normalized spacial score (nSPS) is 10.6. The zero-order valence-electron chi connectivity index (χ0n) is 20.5. The maximum absolute atomic E-state index is 12.7. The number of ketones is 1. The Morgan fingerprint density at radius 2 is 1.35 bits per heavy atom. The van der Waals surface area contributed by atoms with Gasteiger partial charge in [0, 0.05) is 22.8 Å². The van der Waals surface area contributed by atoms with E-state index in [4.69, 9.17) is 15.9 Å². The van der Waals surface area contributed by atoms with E-state index in [0.717, 1.165) is 17.2 Å². The van der Waals surface area contributed by atoms with Gasteiger partial charge in [-0.05, 0) is 74.0 Å². The van der Waals surface area contributed by atoms with Crippen LogP contribution in [0.25, 0.3) is 0 Å². The number of hydrogen-bond acceptors (Lipinski definition) is 6. The van der Waals surface area contributed by atoms with E-state index in [-0.39, 0.29) is 74.4 Å². The summed E-state index contributed by atoms with van der Waals surface area (Å²) in [7, 11) is -4.89. The molecule has 4 rings (SSSR count). The molecule has 0 aliphatic rings. The van der Waals surface area contributed by atoms with Crippen molar-refractivity contribution in [1.29, 1.82) is 0 Å². The van der Waals surface area contributed by atoms with Crippen LogP contribution in [-0.2, 0) is 10.1 Å². The molecule has 0 aliphatic carbocycles. The Bertz CT molecular complexity index is 1590. The Morgan fingerprint density at radius 1 is 0.757 bits per heavy atom. The molecule has 0 N–H and O–H groups in total.